The highest BCUT2D eigenvalue weighted by Gasteiger charge is 2.08. The summed E-state index contributed by atoms with van der Waals surface area (Å²) in [7, 11) is 3.29. The molecule has 2 aromatic carbocycles. The molecule has 0 saturated heterocycles. The molecule has 2 N–H and O–H groups in total. The number of fused-ring (bicyclic) bond motifs is 1. The SMILES string of the molecule is CN=C(COC)N/N=C/c1ccc2ncnc(Nc3ccc(Oc4ccc(C)nc4)c(C)c3)c2c1. The van der Waals surface area contributed by atoms with Gasteiger partial charge in [0.1, 0.15) is 36.1 Å². The van der Waals surface area contributed by atoms with Crippen molar-refractivity contribution >= 4 is 34.5 Å². The van der Waals surface area contributed by atoms with Gasteiger partial charge in [-0.25, -0.2) is 9.97 Å². The molecule has 2 heterocycles. The third-order valence-corrected chi connectivity index (χ3v) is 5.17. The number of anilines is 2. The molecule has 0 bridgehead atoms. The Balaban J connectivity index is 1.53. The molecular formula is C26H27N7O2. The Morgan fingerprint density at radius 1 is 1.03 bits per heavy atom. The van der Waals surface area contributed by atoms with Gasteiger partial charge in [-0.3, -0.25) is 15.4 Å². The third kappa shape index (κ3) is 6.15. The van der Waals surface area contributed by atoms with Crippen LogP contribution in [-0.2, 0) is 4.74 Å². The largest absolute Gasteiger partial charge is 0.455 e. The first-order valence-corrected chi connectivity index (χ1v) is 11.0. The van der Waals surface area contributed by atoms with Crippen molar-refractivity contribution in [3.05, 3.63) is 77.9 Å². The van der Waals surface area contributed by atoms with Crippen LogP contribution < -0.4 is 15.5 Å². The fraction of sp³-hybridized carbons (Fsp3) is 0.192. The lowest BCUT2D eigenvalue weighted by molar-refractivity contribution is 0.242. The average molecular weight is 470 g/mol. The number of pyridine rings is 1. The summed E-state index contributed by atoms with van der Waals surface area (Å²) in [6.45, 7) is 4.30. The number of methoxy groups -OCH3 is 1. The molecule has 9 heteroatoms. The van der Waals surface area contributed by atoms with Crippen LogP contribution in [0.25, 0.3) is 10.9 Å². The number of benzene rings is 2. The number of nitrogens with zero attached hydrogens (tertiary/aromatic N) is 5. The van der Waals surface area contributed by atoms with E-state index in [0.717, 1.165) is 39.2 Å². The summed E-state index contributed by atoms with van der Waals surface area (Å²) in [4.78, 5) is 17.2. The summed E-state index contributed by atoms with van der Waals surface area (Å²) in [5.41, 5.74) is 7.42. The molecule has 0 radical (unpaired) electrons. The van der Waals surface area contributed by atoms with Crippen LogP contribution in [0.3, 0.4) is 0 Å². The third-order valence-electron chi connectivity index (χ3n) is 5.17. The van der Waals surface area contributed by atoms with Gasteiger partial charge in [0.25, 0.3) is 0 Å². The first-order valence-electron chi connectivity index (χ1n) is 11.0. The van der Waals surface area contributed by atoms with Gasteiger partial charge < -0.3 is 14.8 Å². The number of amidine groups is 1. The number of hydrogen-bond donors (Lipinski definition) is 2. The molecule has 0 aliphatic heterocycles. The number of hydrazone groups is 1. The molecule has 178 valence electrons. The number of nitrogens with one attached hydrogen (secondary N) is 2. The van der Waals surface area contributed by atoms with Crippen molar-refractivity contribution in [1.82, 2.24) is 20.4 Å². The van der Waals surface area contributed by atoms with Crippen molar-refractivity contribution in [1.29, 1.82) is 0 Å². The van der Waals surface area contributed by atoms with E-state index in [4.69, 9.17) is 9.47 Å². The zero-order chi connectivity index (χ0) is 24.6. The molecule has 0 amide bonds. The molecule has 35 heavy (non-hydrogen) atoms. The minimum absolute atomic E-state index is 0.360. The first-order chi connectivity index (χ1) is 17.1. The summed E-state index contributed by atoms with van der Waals surface area (Å²) in [5, 5.41) is 8.52. The Labute approximate surface area is 204 Å². The van der Waals surface area contributed by atoms with Crippen LogP contribution in [0.2, 0.25) is 0 Å². The minimum Gasteiger partial charge on any atom is -0.455 e. The van der Waals surface area contributed by atoms with E-state index in [0.29, 0.717) is 24.0 Å². The van der Waals surface area contributed by atoms with E-state index in [9.17, 15) is 0 Å². The van der Waals surface area contributed by atoms with Crippen molar-refractivity contribution in [2.45, 2.75) is 13.8 Å². The lowest BCUT2D eigenvalue weighted by atomic mass is 10.1. The summed E-state index contributed by atoms with van der Waals surface area (Å²) in [5.74, 6) is 2.80. The van der Waals surface area contributed by atoms with Crippen LogP contribution in [0.15, 0.2) is 71.1 Å². The zero-order valence-corrected chi connectivity index (χ0v) is 20.1. The molecular weight excluding hydrogens is 442 g/mol. The van der Waals surface area contributed by atoms with Crippen LogP contribution in [0.4, 0.5) is 11.5 Å². The van der Waals surface area contributed by atoms with E-state index in [1.54, 1.807) is 32.9 Å². The number of ether oxygens (including phenoxy) is 2. The van der Waals surface area contributed by atoms with Crippen LogP contribution in [-0.4, -0.2) is 47.8 Å². The van der Waals surface area contributed by atoms with Crippen LogP contribution in [0, 0.1) is 13.8 Å². The Morgan fingerprint density at radius 2 is 1.91 bits per heavy atom. The lowest BCUT2D eigenvalue weighted by Gasteiger charge is -2.12. The fourth-order valence-electron chi connectivity index (χ4n) is 3.34. The van der Waals surface area contributed by atoms with Gasteiger partial charge in [0, 0.05) is 30.9 Å². The number of rotatable bonds is 8. The molecule has 0 aliphatic carbocycles. The van der Waals surface area contributed by atoms with Crippen molar-refractivity contribution in [2.24, 2.45) is 10.1 Å². The topological polar surface area (TPSA) is 106 Å². The summed E-state index contributed by atoms with van der Waals surface area (Å²) < 4.78 is 11.1. The second-order valence-electron chi connectivity index (χ2n) is 7.81. The van der Waals surface area contributed by atoms with Gasteiger partial charge in [0.15, 0.2) is 0 Å². The highest BCUT2D eigenvalue weighted by Crippen LogP contribution is 2.29. The van der Waals surface area contributed by atoms with E-state index in [1.807, 2.05) is 62.4 Å². The molecule has 4 rings (SSSR count). The number of hydrogen-bond acceptors (Lipinski definition) is 8. The standard InChI is InChI=1S/C26H27N7O2/c1-17-11-20(7-10-24(17)35-21-8-5-18(2)28-14-21)32-26-22-12-19(6-9-23(22)29-16-30-26)13-31-33-25(27-3)15-34-4/h5-14,16H,15H2,1-4H3,(H,27,33)(H,29,30,32)/b31-13+. The van der Waals surface area contributed by atoms with Crippen LogP contribution in [0.1, 0.15) is 16.8 Å². The highest BCUT2D eigenvalue weighted by atomic mass is 16.5. The van der Waals surface area contributed by atoms with Crippen molar-refractivity contribution in [3.8, 4) is 11.5 Å². The summed E-state index contributed by atoms with van der Waals surface area (Å²) >= 11 is 0. The van der Waals surface area contributed by atoms with Gasteiger partial charge in [-0.15, -0.1) is 0 Å². The predicted octanol–water partition coefficient (Wildman–Crippen LogP) is 4.78. The Bertz CT molecular complexity index is 1370. The van der Waals surface area contributed by atoms with Crippen molar-refractivity contribution in [2.75, 3.05) is 26.1 Å². The second kappa shape index (κ2) is 11.2. The van der Waals surface area contributed by atoms with E-state index in [-0.39, 0.29) is 0 Å². The lowest BCUT2D eigenvalue weighted by Crippen LogP contribution is -2.22. The maximum Gasteiger partial charge on any atom is 0.145 e. The van der Waals surface area contributed by atoms with E-state index in [2.05, 4.69) is 35.8 Å². The predicted molar refractivity (Wildman–Crippen MR) is 139 cm³/mol. The summed E-state index contributed by atoms with van der Waals surface area (Å²) in [6, 6.07) is 15.6. The fourth-order valence-corrected chi connectivity index (χ4v) is 3.34. The van der Waals surface area contributed by atoms with Crippen LogP contribution in [0.5, 0.6) is 11.5 Å². The molecule has 9 nitrogen and oxygen atoms in total. The minimum atomic E-state index is 0.360. The monoisotopic (exact) mass is 469 g/mol. The Morgan fingerprint density at radius 3 is 2.66 bits per heavy atom. The maximum atomic E-state index is 5.98. The van der Waals surface area contributed by atoms with Gasteiger partial charge >= 0.3 is 0 Å². The molecule has 0 unspecified atom stereocenters. The maximum absolute atomic E-state index is 5.98. The highest BCUT2D eigenvalue weighted by molar-refractivity contribution is 5.95. The Hall–Kier alpha value is -4.37. The first kappa shape index (κ1) is 23.8. The molecule has 2 aromatic heterocycles. The number of aliphatic imine (C=N–C) groups is 1. The summed E-state index contributed by atoms with van der Waals surface area (Å²) in [6.07, 6.45) is 4.98. The number of aromatic nitrogens is 3. The molecule has 0 aliphatic rings. The molecule has 0 atom stereocenters. The van der Waals surface area contributed by atoms with Crippen molar-refractivity contribution < 1.29 is 9.47 Å². The van der Waals surface area contributed by atoms with Gasteiger partial charge in [0.05, 0.1) is 17.9 Å². The normalized spacial score (nSPS) is 11.7. The second-order valence-corrected chi connectivity index (χ2v) is 7.81. The zero-order valence-electron chi connectivity index (χ0n) is 20.1. The van der Waals surface area contributed by atoms with E-state index >= 15 is 0 Å². The van der Waals surface area contributed by atoms with Crippen molar-refractivity contribution in [3.63, 3.8) is 0 Å². The quantitative estimate of drug-likeness (QED) is 0.217. The molecule has 0 spiro atoms. The van der Waals surface area contributed by atoms with Crippen LogP contribution >= 0.6 is 0 Å². The molecule has 4 aromatic rings. The van der Waals surface area contributed by atoms with E-state index in [1.165, 1.54) is 0 Å². The smallest absolute Gasteiger partial charge is 0.145 e. The van der Waals surface area contributed by atoms with Gasteiger partial charge in [-0.1, -0.05) is 6.07 Å². The van der Waals surface area contributed by atoms with Gasteiger partial charge in [-0.2, -0.15) is 5.10 Å². The van der Waals surface area contributed by atoms with E-state index < -0.39 is 0 Å². The molecule has 0 fully saturated rings. The average Bonchev–Trinajstić information content (AvgIpc) is 2.86. The van der Waals surface area contributed by atoms with Gasteiger partial charge in [-0.05, 0) is 67.4 Å². The molecule has 0 saturated carbocycles. The number of aryl methyl sites for hydroxylation is 2. The van der Waals surface area contributed by atoms with Gasteiger partial charge in [0.2, 0.25) is 0 Å². The Kier molecular flexibility index (Phi) is 7.59.